The van der Waals surface area contributed by atoms with E-state index < -0.39 is 21.4 Å². The van der Waals surface area contributed by atoms with Gasteiger partial charge in [-0.1, -0.05) is 16.0 Å². The van der Waals surface area contributed by atoms with E-state index in [1.807, 2.05) is 0 Å². The van der Waals surface area contributed by atoms with E-state index in [1.165, 1.54) is 31.2 Å². The lowest BCUT2D eigenvalue weighted by molar-refractivity contribution is -0.384. The lowest BCUT2D eigenvalue weighted by atomic mass is 10.1. The third-order valence-electron chi connectivity index (χ3n) is 2.45. The van der Waals surface area contributed by atoms with Crippen molar-refractivity contribution in [1.82, 2.24) is 4.31 Å². The smallest absolute Gasteiger partial charge is 0.258 e. The van der Waals surface area contributed by atoms with Crippen molar-refractivity contribution in [1.29, 1.82) is 0 Å². The number of nitrogens with zero attached hydrogens (tertiary/aromatic N) is 2. The predicted molar refractivity (Wildman–Crippen MR) is 59.3 cm³/mol. The second kappa shape index (κ2) is 4.76. The molecule has 0 saturated carbocycles. The molecule has 0 N–H and O–H groups in total. The number of hydrogen-bond donors (Lipinski definition) is 0. The Bertz CT molecular complexity index is 532. The summed E-state index contributed by atoms with van der Waals surface area (Å²) < 4.78 is 34.6. The summed E-state index contributed by atoms with van der Waals surface area (Å²) in [6, 6.07) is 4.60. The molecule has 6 nitrogen and oxygen atoms in total. The molecule has 0 fully saturated rings. The number of halogens is 1. The molecule has 0 spiro atoms. The van der Waals surface area contributed by atoms with Crippen molar-refractivity contribution in [3.05, 3.63) is 39.9 Å². The SMILES string of the molecule is CC(c1cccc([N+](=O)[O-])c1)N(C)S(=O)(=O)F. The molecule has 0 aliphatic carbocycles. The van der Waals surface area contributed by atoms with E-state index in [0.29, 0.717) is 9.87 Å². The first-order valence-electron chi connectivity index (χ1n) is 4.65. The summed E-state index contributed by atoms with van der Waals surface area (Å²) in [6.07, 6.45) is 0. The Morgan fingerprint density at radius 3 is 2.53 bits per heavy atom. The fourth-order valence-corrected chi connectivity index (χ4v) is 1.80. The molecule has 0 aromatic heterocycles. The van der Waals surface area contributed by atoms with Crippen molar-refractivity contribution in [3.63, 3.8) is 0 Å². The van der Waals surface area contributed by atoms with Crippen molar-refractivity contribution in [2.45, 2.75) is 13.0 Å². The van der Waals surface area contributed by atoms with Gasteiger partial charge in [-0.25, -0.2) is 0 Å². The van der Waals surface area contributed by atoms with Crippen LogP contribution in [0.15, 0.2) is 24.3 Å². The van der Waals surface area contributed by atoms with Gasteiger partial charge in [0.25, 0.3) is 5.69 Å². The Labute approximate surface area is 98.2 Å². The third-order valence-corrected chi connectivity index (χ3v) is 3.46. The first-order chi connectivity index (χ1) is 7.73. The molecule has 0 bridgehead atoms. The third kappa shape index (κ3) is 3.21. The summed E-state index contributed by atoms with van der Waals surface area (Å²) in [6.45, 7) is 1.44. The van der Waals surface area contributed by atoms with Crippen LogP contribution in [0.4, 0.5) is 9.57 Å². The van der Waals surface area contributed by atoms with E-state index in [2.05, 4.69) is 0 Å². The zero-order chi connectivity index (χ0) is 13.2. The second-order valence-corrected chi connectivity index (χ2v) is 4.89. The van der Waals surface area contributed by atoms with Gasteiger partial charge in [0.15, 0.2) is 0 Å². The van der Waals surface area contributed by atoms with Crippen molar-refractivity contribution in [2.75, 3.05) is 7.05 Å². The number of rotatable bonds is 4. The van der Waals surface area contributed by atoms with E-state index in [1.54, 1.807) is 0 Å². The van der Waals surface area contributed by atoms with Gasteiger partial charge in [0.05, 0.1) is 4.92 Å². The van der Waals surface area contributed by atoms with Gasteiger partial charge in [-0.05, 0) is 12.5 Å². The molecule has 0 aliphatic heterocycles. The van der Waals surface area contributed by atoms with Crippen molar-refractivity contribution in [3.8, 4) is 0 Å². The molecule has 1 atom stereocenters. The summed E-state index contributed by atoms with van der Waals surface area (Å²) in [7, 11) is -3.75. The zero-order valence-corrected chi connectivity index (χ0v) is 10.0. The molecule has 94 valence electrons. The van der Waals surface area contributed by atoms with Crippen molar-refractivity contribution in [2.24, 2.45) is 0 Å². The fraction of sp³-hybridized carbons (Fsp3) is 0.333. The summed E-state index contributed by atoms with van der Waals surface area (Å²) >= 11 is 0. The van der Waals surface area contributed by atoms with Crippen LogP contribution in [-0.2, 0) is 10.4 Å². The van der Waals surface area contributed by atoms with Crippen LogP contribution in [0.3, 0.4) is 0 Å². The van der Waals surface area contributed by atoms with Crippen molar-refractivity contribution >= 4 is 16.1 Å². The van der Waals surface area contributed by atoms with Gasteiger partial charge < -0.3 is 0 Å². The van der Waals surface area contributed by atoms with Gasteiger partial charge in [0.1, 0.15) is 0 Å². The van der Waals surface area contributed by atoms with Crippen LogP contribution in [-0.4, -0.2) is 24.7 Å². The lowest BCUT2D eigenvalue weighted by Gasteiger charge is -2.19. The van der Waals surface area contributed by atoms with Crippen molar-refractivity contribution < 1.29 is 17.2 Å². The summed E-state index contributed by atoms with van der Waals surface area (Å²) in [5.41, 5.74) is 0.182. The quantitative estimate of drug-likeness (QED) is 0.470. The van der Waals surface area contributed by atoms with Gasteiger partial charge >= 0.3 is 10.4 Å². The van der Waals surface area contributed by atoms with E-state index in [-0.39, 0.29) is 5.69 Å². The molecule has 1 aromatic carbocycles. The predicted octanol–water partition coefficient (Wildman–Crippen LogP) is 1.80. The van der Waals surface area contributed by atoms with Crippen LogP contribution in [0.5, 0.6) is 0 Å². The molecule has 17 heavy (non-hydrogen) atoms. The first-order valence-corrected chi connectivity index (χ1v) is 5.99. The second-order valence-electron chi connectivity index (χ2n) is 3.49. The summed E-state index contributed by atoms with van der Waals surface area (Å²) in [4.78, 5) is 9.95. The average molecular weight is 262 g/mol. The highest BCUT2D eigenvalue weighted by Gasteiger charge is 2.24. The topological polar surface area (TPSA) is 80.5 Å². The molecule has 8 heteroatoms. The molecule has 1 unspecified atom stereocenters. The number of non-ortho nitro benzene ring substituents is 1. The van der Waals surface area contributed by atoms with Gasteiger partial charge in [-0.2, -0.15) is 12.7 Å². The van der Waals surface area contributed by atoms with Crippen LogP contribution in [0.25, 0.3) is 0 Å². The normalized spacial score (nSPS) is 13.6. The summed E-state index contributed by atoms with van der Waals surface area (Å²) in [5, 5.41) is 10.5. The molecule has 0 amide bonds. The highest BCUT2D eigenvalue weighted by Crippen LogP contribution is 2.25. The van der Waals surface area contributed by atoms with Gasteiger partial charge in [-0.3, -0.25) is 10.1 Å². The molecule has 1 aromatic rings. The first kappa shape index (κ1) is 13.5. The Morgan fingerprint density at radius 1 is 1.47 bits per heavy atom. The summed E-state index contributed by atoms with van der Waals surface area (Å²) in [5.74, 6) is 0. The molecular formula is C9H11FN2O4S. The van der Waals surface area contributed by atoms with Crippen LogP contribution >= 0.6 is 0 Å². The fourth-order valence-electron chi connectivity index (χ4n) is 1.30. The Hall–Kier alpha value is -1.54. The monoisotopic (exact) mass is 262 g/mol. The van der Waals surface area contributed by atoms with E-state index in [0.717, 1.165) is 7.05 Å². The number of benzene rings is 1. The average Bonchev–Trinajstić information content (AvgIpc) is 2.26. The molecule has 0 radical (unpaired) electrons. The van der Waals surface area contributed by atoms with Gasteiger partial charge in [-0.15, -0.1) is 0 Å². The number of nitro groups is 1. The lowest BCUT2D eigenvalue weighted by Crippen LogP contribution is -2.26. The molecule has 1 rings (SSSR count). The maximum atomic E-state index is 12.7. The zero-order valence-electron chi connectivity index (χ0n) is 9.20. The van der Waals surface area contributed by atoms with Crippen LogP contribution in [0.1, 0.15) is 18.5 Å². The van der Waals surface area contributed by atoms with Crippen LogP contribution < -0.4 is 0 Å². The largest absolute Gasteiger partial charge is 0.375 e. The van der Waals surface area contributed by atoms with Crippen LogP contribution in [0.2, 0.25) is 0 Å². The van der Waals surface area contributed by atoms with Crippen LogP contribution in [0, 0.1) is 10.1 Å². The number of nitro benzene ring substituents is 1. The minimum Gasteiger partial charge on any atom is -0.258 e. The maximum Gasteiger partial charge on any atom is 0.375 e. The van der Waals surface area contributed by atoms with E-state index >= 15 is 0 Å². The van der Waals surface area contributed by atoms with Gasteiger partial charge in [0.2, 0.25) is 0 Å². The molecule has 0 saturated heterocycles. The highest BCUT2D eigenvalue weighted by molar-refractivity contribution is 7.83. The van der Waals surface area contributed by atoms with E-state index in [4.69, 9.17) is 0 Å². The highest BCUT2D eigenvalue weighted by atomic mass is 32.3. The maximum absolute atomic E-state index is 12.7. The Balaban J connectivity index is 3.09. The minimum absolute atomic E-state index is 0.168. The molecule has 0 heterocycles. The molecular weight excluding hydrogens is 251 g/mol. The number of hydrogen-bond acceptors (Lipinski definition) is 4. The standard InChI is InChI=1S/C9H11FN2O4S/c1-7(11(2)17(10,15)16)8-4-3-5-9(6-8)12(13)14/h3-7H,1-2H3. The Morgan fingerprint density at radius 2 is 2.06 bits per heavy atom. The Kier molecular flexibility index (Phi) is 3.79. The van der Waals surface area contributed by atoms with Gasteiger partial charge in [0, 0.05) is 25.2 Å². The molecule has 0 aliphatic rings. The van der Waals surface area contributed by atoms with E-state index in [9.17, 15) is 22.4 Å². The minimum atomic E-state index is -4.82.